The monoisotopic (exact) mass is 297 g/mol. The lowest BCUT2D eigenvalue weighted by Gasteiger charge is -2.18. The molecule has 1 aromatic heterocycles. The molecule has 1 heterocycles. The number of rotatable bonds is 6. The molecule has 1 atom stereocenters. The van der Waals surface area contributed by atoms with Crippen molar-refractivity contribution in [2.75, 3.05) is 6.54 Å². The second-order valence-electron chi connectivity index (χ2n) is 4.41. The van der Waals surface area contributed by atoms with Crippen molar-refractivity contribution in [3.63, 3.8) is 0 Å². The number of benzene rings is 1. The highest BCUT2D eigenvalue weighted by Gasteiger charge is 2.12. The summed E-state index contributed by atoms with van der Waals surface area (Å²) in [5, 5.41) is 4.89. The molecule has 0 fully saturated rings. The van der Waals surface area contributed by atoms with E-state index in [0.717, 1.165) is 30.6 Å². The minimum Gasteiger partial charge on any atom is -0.348 e. The number of nitrogens with zero attached hydrogens (tertiary/aromatic N) is 1. The van der Waals surface area contributed by atoms with E-state index in [1.807, 2.05) is 18.3 Å². The number of aromatic nitrogens is 2. The van der Waals surface area contributed by atoms with E-state index in [4.69, 9.17) is 23.2 Å². The van der Waals surface area contributed by atoms with E-state index in [9.17, 15) is 0 Å². The number of hydrogen-bond acceptors (Lipinski definition) is 2. The highest BCUT2D eigenvalue weighted by molar-refractivity contribution is 6.35. The topological polar surface area (TPSA) is 40.7 Å². The Hall–Kier alpha value is -1.03. The molecule has 0 spiro atoms. The van der Waals surface area contributed by atoms with Crippen LogP contribution in [0.3, 0.4) is 0 Å². The fraction of sp³-hybridized carbons (Fsp3) is 0.357. The van der Waals surface area contributed by atoms with E-state index in [2.05, 4.69) is 22.2 Å². The molecule has 19 heavy (non-hydrogen) atoms. The van der Waals surface area contributed by atoms with Crippen LogP contribution in [-0.2, 0) is 6.42 Å². The Morgan fingerprint density at radius 2 is 2.21 bits per heavy atom. The second-order valence-corrected chi connectivity index (χ2v) is 5.25. The SMILES string of the molecule is CCC(NCCc1cnc[nH]1)c1ccc(Cl)cc1Cl. The van der Waals surface area contributed by atoms with Gasteiger partial charge in [-0.25, -0.2) is 4.98 Å². The predicted molar refractivity (Wildman–Crippen MR) is 79.8 cm³/mol. The van der Waals surface area contributed by atoms with Crippen molar-refractivity contribution in [2.24, 2.45) is 0 Å². The van der Waals surface area contributed by atoms with E-state index in [1.165, 1.54) is 0 Å². The van der Waals surface area contributed by atoms with E-state index < -0.39 is 0 Å². The normalized spacial score (nSPS) is 12.6. The first-order valence-corrected chi connectivity index (χ1v) is 7.12. The van der Waals surface area contributed by atoms with E-state index in [-0.39, 0.29) is 6.04 Å². The van der Waals surface area contributed by atoms with Crippen LogP contribution in [0.2, 0.25) is 10.0 Å². The van der Waals surface area contributed by atoms with Crippen LogP contribution in [0.25, 0.3) is 0 Å². The number of halogens is 2. The zero-order valence-electron chi connectivity index (χ0n) is 10.8. The first-order chi connectivity index (χ1) is 9.20. The van der Waals surface area contributed by atoms with Gasteiger partial charge in [0.1, 0.15) is 0 Å². The Morgan fingerprint density at radius 3 is 2.84 bits per heavy atom. The van der Waals surface area contributed by atoms with Crippen molar-refractivity contribution in [1.82, 2.24) is 15.3 Å². The Balaban J connectivity index is 1.95. The number of H-pyrrole nitrogens is 1. The average Bonchev–Trinajstić information content (AvgIpc) is 2.89. The fourth-order valence-corrected chi connectivity index (χ4v) is 2.60. The summed E-state index contributed by atoms with van der Waals surface area (Å²) in [4.78, 5) is 7.10. The second kappa shape index (κ2) is 6.94. The van der Waals surface area contributed by atoms with Crippen LogP contribution in [0.15, 0.2) is 30.7 Å². The summed E-state index contributed by atoms with van der Waals surface area (Å²) < 4.78 is 0. The van der Waals surface area contributed by atoms with Gasteiger partial charge >= 0.3 is 0 Å². The van der Waals surface area contributed by atoms with Gasteiger partial charge in [0.15, 0.2) is 0 Å². The van der Waals surface area contributed by atoms with Gasteiger partial charge in [-0.3, -0.25) is 0 Å². The van der Waals surface area contributed by atoms with Crippen molar-refractivity contribution in [1.29, 1.82) is 0 Å². The molecule has 5 heteroatoms. The van der Waals surface area contributed by atoms with Gasteiger partial charge in [0.25, 0.3) is 0 Å². The molecule has 0 radical (unpaired) electrons. The molecule has 3 nitrogen and oxygen atoms in total. The van der Waals surface area contributed by atoms with Crippen molar-refractivity contribution in [3.8, 4) is 0 Å². The third-order valence-electron chi connectivity index (χ3n) is 3.09. The predicted octanol–water partition coefficient (Wildman–Crippen LogP) is 4.00. The van der Waals surface area contributed by atoms with Crippen LogP contribution in [0.5, 0.6) is 0 Å². The largest absolute Gasteiger partial charge is 0.348 e. The summed E-state index contributed by atoms with van der Waals surface area (Å²) in [6, 6.07) is 5.90. The molecule has 2 aromatic rings. The summed E-state index contributed by atoms with van der Waals surface area (Å²) in [6.45, 7) is 3.01. The lowest BCUT2D eigenvalue weighted by Crippen LogP contribution is -2.23. The minimum absolute atomic E-state index is 0.243. The number of hydrogen-bond donors (Lipinski definition) is 2. The van der Waals surface area contributed by atoms with Gasteiger partial charge in [0.2, 0.25) is 0 Å². The number of nitrogens with one attached hydrogen (secondary N) is 2. The van der Waals surface area contributed by atoms with E-state index >= 15 is 0 Å². The minimum atomic E-state index is 0.243. The number of imidazole rings is 1. The maximum Gasteiger partial charge on any atom is 0.0921 e. The molecule has 0 amide bonds. The molecule has 0 aliphatic rings. The molecule has 102 valence electrons. The lowest BCUT2D eigenvalue weighted by atomic mass is 10.0. The van der Waals surface area contributed by atoms with Gasteiger partial charge in [0.05, 0.1) is 6.33 Å². The molecule has 0 bridgehead atoms. The van der Waals surface area contributed by atoms with Gasteiger partial charge in [-0.05, 0) is 24.1 Å². The van der Waals surface area contributed by atoms with Crippen LogP contribution >= 0.6 is 23.2 Å². The molecular formula is C14H17Cl2N3. The van der Waals surface area contributed by atoms with Gasteiger partial charge in [0, 0.05) is 40.9 Å². The summed E-state index contributed by atoms with van der Waals surface area (Å²) >= 11 is 12.2. The standard InChI is InChI=1S/C14H17Cl2N3/c1-2-14(12-4-3-10(15)7-13(12)16)18-6-5-11-8-17-9-19-11/h3-4,7-9,14,18H,2,5-6H2,1H3,(H,17,19). The highest BCUT2D eigenvalue weighted by atomic mass is 35.5. The van der Waals surface area contributed by atoms with E-state index in [1.54, 1.807) is 12.4 Å². The smallest absolute Gasteiger partial charge is 0.0921 e. The maximum atomic E-state index is 6.24. The molecule has 2 N–H and O–H groups in total. The van der Waals surface area contributed by atoms with Crippen LogP contribution in [0.1, 0.15) is 30.6 Å². The molecular weight excluding hydrogens is 281 g/mol. The van der Waals surface area contributed by atoms with Crippen molar-refractivity contribution < 1.29 is 0 Å². The van der Waals surface area contributed by atoms with Gasteiger partial charge in [-0.2, -0.15) is 0 Å². The third kappa shape index (κ3) is 3.96. The summed E-state index contributed by atoms with van der Waals surface area (Å²) in [5.74, 6) is 0. The third-order valence-corrected chi connectivity index (χ3v) is 3.65. The van der Waals surface area contributed by atoms with Crippen LogP contribution < -0.4 is 5.32 Å². The quantitative estimate of drug-likeness (QED) is 0.846. The van der Waals surface area contributed by atoms with Gasteiger partial charge in [-0.1, -0.05) is 36.2 Å². The summed E-state index contributed by atoms with van der Waals surface area (Å²) in [6.07, 6.45) is 5.44. The van der Waals surface area contributed by atoms with Crippen molar-refractivity contribution in [3.05, 3.63) is 52.0 Å². The van der Waals surface area contributed by atoms with Crippen LogP contribution in [0.4, 0.5) is 0 Å². The molecule has 1 unspecified atom stereocenters. The average molecular weight is 298 g/mol. The lowest BCUT2D eigenvalue weighted by molar-refractivity contribution is 0.521. The van der Waals surface area contributed by atoms with Gasteiger partial charge in [-0.15, -0.1) is 0 Å². The fourth-order valence-electron chi connectivity index (χ4n) is 2.06. The van der Waals surface area contributed by atoms with Crippen LogP contribution in [-0.4, -0.2) is 16.5 Å². The van der Waals surface area contributed by atoms with Crippen molar-refractivity contribution in [2.45, 2.75) is 25.8 Å². The summed E-state index contributed by atoms with van der Waals surface area (Å²) in [7, 11) is 0. The number of aromatic amines is 1. The van der Waals surface area contributed by atoms with Gasteiger partial charge < -0.3 is 10.3 Å². The zero-order chi connectivity index (χ0) is 13.7. The molecule has 0 saturated heterocycles. The molecule has 2 rings (SSSR count). The van der Waals surface area contributed by atoms with Crippen molar-refractivity contribution >= 4 is 23.2 Å². The van der Waals surface area contributed by atoms with E-state index in [0.29, 0.717) is 10.0 Å². The Bertz CT molecular complexity index is 511. The molecule has 0 saturated carbocycles. The highest BCUT2D eigenvalue weighted by Crippen LogP contribution is 2.27. The Morgan fingerprint density at radius 1 is 1.37 bits per heavy atom. The molecule has 0 aliphatic carbocycles. The maximum absolute atomic E-state index is 6.24. The molecule has 1 aromatic carbocycles. The Kier molecular flexibility index (Phi) is 5.25. The van der Waals surface area contributed by atoms with Crippen LogP contribution in [0, 0.1) is 0 Å². The first-order valence-electron chi connectivity index (χ1n) is 6.36. The molecule has 0 aliphatic heterocycles. The summed E-state index contributed by atoms with van der Waals surface area (Å²) in [5.41, 5.74) is 2.22. The first kappa shape index (κ1) is 14.4. The zero-order valence-corrected chi connectivity index (χ0v) is 12.3. The Labute approximate surface area is 123 Å².